The van der Waals surface area contributed by atoms with Crippen molar-refractivity contribution in [3.05, 3.63) is 65.2 Å². The Morgan fingerprint density at radius 1 is 1.06 bits per heavy atom. The molecule has 2 atom stereocenters. The van der Waals surface area contributed by atoms with Gasteiger partial charge in [0.2, 0.25) is 5.91 Å². The number of aromatic hydroxyl groups is 1. The summed E-state index contributed by atoms with van der Waals surface area (Å²) in [6.07, 6.45) is 0.378. The van der Waals surface area contributed by atoms with Crippen LogP contribution in [0.4, 0.5) is 0 Å². The standard InChI is InChI=1S/C26H34N2O6/c1-17-10-11-19(15-22(17)29)26(2,3)12-13-27-20(16-23(30)31)24(32)28-21(25(33)34-4)14-18-8-6-5-7-9-18/h5-11,15,20-21,27,29H,12-14,16H2,1-4H3,(H,28,32)(H,30,31)/t20-,21-/m0/s1. The molecule has 0 fully saturated rings. The molecule has 8 heteroatoms. The number of aryl methyl sites for hydroxylation is 1. The van der Waals surface area contributed by atoms with Gasteiger partial charge >= 0.3 is 11.9 Å². The summed E-state index contributed by atoms with van der Waals surface area (Å²) in [5, 5.41) is 25.0. The van der Waals surface area contributed by atoms with Gasteiger partial charge in [0.1, 0.15) is 11.8 Å². The van der Waals surface area contributed by atoms with Crippen LogP contribution in [-0.4, -0.2) is 53.8 Å². The first kappa shape index (κ1) is 26.9. The van der Waals surface area contributed by atoms with E-state index in [1.807, 2.05) is 63.2 Å². The number of hydrogen-bond donors (Lipinski definition) is 4. The number of phenols is 1. The van der Waals surface area contributed by atoms with Crippen molar-refractivity contribution in [2.75, 3.05) is 13.7 Å². The van der Waals surface area contributed by atoms with E-state index in [-0.39, 0.29) is 17.6 Å². The van der Waals surface area contributed by atoms with Gasteiger partial charge in [-0.1, -0.05) is 56.3 Å². The number of carboxylic acids is 1. The van der Waals surface area contributed by atoms with Crippen molar-refractivity contribution in [3.63, 3.8) is 0 Å². The van der Waals surface area contributed by atoms with Crippen LogP contribution in [0.2, 0.25) is 0 Å². The lowest BCUT2D eigenvalue weighted by Crippen LogP contribution is -2.52. The summed E-state index contributed by atoms with van der Waals surface area (Å²) in [5.74, 6) is -2.10. The van der Waals surface area contributed by atoms with Gasteiger partial charge in [-0.15, -0.1) is 0 Å². The summed E-state index contributed by atoms with van der Waals surface area (Å²) >= 11 is 0. The summed E-state index contributed by atoms with van der Waals surface area (Å²) in [6, 6.07) is 12.7. The van der Waals surface area contributed by atoms with Crippen LogP contribution in [-0.2, 0) is 31.0 Å². The Morgan fingerprint density at radius 3 is 2.32 bits per heavy atom. The largest absolute Gasteiger partial charge is 0.508 e. The maximum atomic E-state index is 12.9. The number of nitrogens with one attached hydrogen (secondary N) is 2. The first-order chi connectivity index (χ1) is 16.0. The normalized spacial score (nSPS) is 13.1. The molecule has 0 spiro atoms. The van der Waals surface area contributed by atoms with Crippen LogP contribution < -0.4 is 10.6 Å². The van der Waals surface area contributed by atoms with Crippen LogP contribution in [0.5, 0.6) is 5.75 Å². The number of rotatable bonds is 12. The number of hydrogen-bond acceptors (Lipinski definition) is 6. The van der Waals surface area contributed by atoms with E-state index in [2.05, 4.69) is 10.6 Å². The van der Waals surface area contributed by atoms with E-state index >= 15 is 0 Å². The van der Waals surface area contributed by atoms with Gasteiger partial charge in [0.15, 0.2) is 0 Å². The first-order valence-electron chi connectivity index (χ1n) is 11.2. The fourth-order valence-corrected chi connectivity index (χ4v) is 3.62. The van der Waals surface area contributed by atoms with Gasteiger partial charge in [0, 0.05) is 6.42 Å². The minimum atomic E-state index is -1.13. The average molecular weight is 471 g/mol. The lowest BCUT2D eigenvalue weighted by molar-refractivity contribution is -0.145. The highest BCUT2D eigenvalue weighted by molar-refractivity contribution is 5.90. The van der Waals surface area contributed by atoms with Gasteiger partial charge in [-0.3, -0.25) is 9.59 Å². The zero-order chi connectivity index (χ0) is 25.3. The van der Waals surface area contributed by atoms with Crippen LogP contribution in [0.25, 0.3) is 0 Å². The van der Waals surface area contributed by atoms with Crippen molar-refractivity contribution in [2.24, 2.45) is 0 Å². The molecule has 184 valence electrons. The minimum Gasteiger partial charge on any atom is -0.508 e. The van der Waals surface area contributed by atoms with Crippen LogP contribution in [0.1, 0.15) is 43.4 Å². The molecule has 8 nitrogen and oxygen atoms in total. The molecule has 1 amide bonds. The number of benzene rings is 2. The third-order valence-electron chi connectivity index (χ3n) is 5.91. The van der Waals surface area contributed by atoms with Gasteiger partial charge < -0.3 is 25.6 Å². The zero-order valence-corrected chi connectivity index (χ0v) is 20.1. The summed E-state index contributed by atoms with van der Waals surface area (Å²) in [4.78, 5) is 36.6. The summed E-state index contributed by atoms with van der Waals surface area (Å²) in [7, 11) is 1.24. The Hall–Kier alpha value is -3.39. The molecule has 0 saturated heterocycles. The second kappa shape index (κ2) is 12.2. The second-order valence-corrected chi connectivity index (χ2v) is 9.01. The highest BCUT2D eigenvalue weighted by Gasteiger charge is 2.29. The van der Waals surface area contributed by atoms with Crippen LogP contribution >= 0.6 is 0 Å². The molecule has 0 unspecified atom stereocenters. The van der Waals surface area contributed by atoms with Crippen molar-refractivity contribution in [1.29, 1.82) is 0 Å². The number of amides is 1. The van der Waals surface area contributed by atoms with Crippen molar-refractivity contribution < 1.29 is 29.3 Å². The number of ether oxygens (including phenoxy) is 1. The highest BCUT2D eigenvalue weighted by atomic mass is 16.5. The fourth-order valence-electron chi connectivity index (χ4n) is 3.62. The van der Waals surface area contributed by atoms with Gasteiger partial charge in [0.05, 0.1) is 19.6 Å². The predicted octanol–water partition coefficient (Wildman–Crippen LogP) is 2.70. The molecular weight excluding hydrogens is 436 g/mol. The molecule has 0 aliphatic heterocycles. The van der Waals surface area contributed by atoms with E-state index < -0.39 is 36.4 Å². The van der Waals surface area contributed by atoms with Gasteiger partial charge in [-0.25, -0.2) is 4.79 Å². The van der Waals surface area contributed by atoms with Crippen molar-refractivity contribution >= 4 is 17.8 Å². The summed E-state index contributed by atoms with van der Waals surface area (Å²) in [5.41, 5.74) is 2.23. The molecule has 0 aromatic heterocycles. The summed E-state index contributed by atoms with van der Waals surface area (Å²) in [6.45, 7) is 6.20. The molecule has 0 saturated carbocycles. The Bertz CT molecular complexity index is 990. The Balaban J connectivity index is 2.06. The van der Waals surface area contributed by atoms with Crippen LogP contribution in [0.3, 0.4) is 0 Å². The first-order valence-corrected chi connectivity index (χ1v) is 11.2. The Morgan fingerprint density at radius 2 is 1.74 bits per heavy atom. The maximum Gasteiger partial charge on any atom is 0.328 e. The second-order valence-electron chi connectivity index (χ2n) is 9.01. The van der Waals surface area contributed by atoms with E-state index in [0.29, 0.717) is 13.0 Å². The number of carbonyl (C=O) groups is 3. The molecule has 34 heavy (non-hydrogen) atoms. The third kappa shape index (κ3) is 7.88. The highest BCUT2D eigenvalue weighted by Crippen LogP contribution is 2.30. The number of esters is 1. The molecule has 2 aromatic carbocycles. The number of phenolic OH excluding ortho intramolecular Hbond substituents is 1. The quantitative estimate of drug-likeness (QED) is 0.352. The van der Waals surface area contributed by atoms with Crippen molar-refractivity contribution in [2.45, 2.75) is 57.5 Å². The molecule has 0 aliphatic rings. The topological polar surface area (TPSA) is 125 Å². The van der Waals surface area contributed by atoms with Crippen molar-refractivity contribution in [1.82, 2.24) is 10.6 Å². The van der Waals surface area contributed by atoms with E-state index in [9.17, 15) is 24.6 Å². The fraction of sp³-hybridized carbons (Fsp3) is 0.423. The van der Waals surface area contributed by atoms with Gasteiger partial charge in [0.25, 0.3) is 0 Å². The van der Waals surface area contributed by atoms with Gasteiger partial charge in [-0.05, 0) is 48.1 Å². The number of aliphatic carboxylic acids is 1. The lowest BCUT2D eigenvalue weighted by Gasteiger charge is -2.27. The average Bonchev–Trinajstić information content (AvgIpc) is 2.79. The monoisotopic (exact) mass is 470 g/mol. The minimum absolute atomic E-state index is 0.217. The smallest absolute Gasteiger partial charge is 0.328 e. The molecule has 0 radical (unpaired) electrons. The number of carbonyl (C=O) groups excluding carboxylic acids is 2. The van der Waals surface area contributed by atoms with Crippen LogP contribution in [0, 0.1) is 6.92 Å². The van der Waals surface area contributed by atoms with E-state index in [0.717, 1.165) is 16.7 Å². The molecule has 2 aromatic rings. The number of carboxylic acid groups (broad SMARTS) is 1. The number of methoxy groups -OCH3 is 1. The van der Waals surface area contributed by atoms with E-state index in [1.54, 1.807) is 6.07 Å². The molecule has 2 rings (SSSR count). The summed E-state index contributed by atoms with van der Waals surface area (Å²) < 4.78 is 4.83. The predicted molar refractivity (Wildman–Crippen MR) is 129 cm³/mol. The molecular formula is C26H34N2O6. The Kier molecular flexibility index (Phi) is 9.62. The SMILES string of the molecule is COC(=O)[C@H](Cc1ccccc1)NC(=O)[C@H](CC(=O)O)NCCC(C)(C)c1ccc(C)c(O)c1. The lowest BCUT2D eigenvalue weighted by atomic mass is 9.81. The van der Waals surface area contributed by atoms with Crippen LogP contribution in [0.15, 0.2) is 48.5 Å². The third-order valence-corrected chi connectivity index (χ3v) is 5.91. The maximum absolute atomic E-state index is 12.9. The molecule has 4 N–H and O–H groups in total. The molecule has 0 aliphatic carbocycles. The van der Waals surface area contributed by atoms with Crippen molar-refractivity contribution in [3.8, 4) is 5.75 Å². The van der Waals surface area contributed by atoms with E-state index in [4.69, 9.17) is 4.74 Å². The molecule has 0 heterocycles. The Labute approximate surface area is 200 Å². The van der Waals surface area contributed by atoms with E-state index in [1.165, 1.54) is 7.11 Å². The van der Waals surface area contributed by atoms with Gasteiger partial charge in [-0.2, -0.15) is 0 Å². The molecule has 0 bridgehead atoms. The zero-order valence-electron chi connectivity index (χ0n) is 20.1.